The molecule has 25 heavy (non-hydrogen) atoms. The average molecular weight is 356 g/mol. The molecule has 0 saturated heterocycles. The van der Waals surface area contributed by atoms with Crippen LogP contribution in [0.25, 0.3) is 0 Å². The molecule has 0 spiro atoms. The van der Waals surface area contributed by atoms with E-state index in [1.165, 1.54) is 6.42 Å². The van der Waals surface area contributed by atoms with Crippen LogP contribution in [-0.4, -0.2) is 32.7 Å². The van der Waals surface area contributed by atoms with E-state index in [2.05, 4.69) is 6.92 Å². The second-order valence-electron chi connectivity index (χ2n) is 8.53. The lowest BCUT2D eigenvalue weighted by Crippen LogP contribution is -2.55. The minimum atomic E-state index is -1.83. The molecule has 6 nitrogen and oxygen atoms in total. The zero-order valence-corrected chi connectivity index (χ0v) is 15.1. The van der Waals surface area contributed by atoms with Crippen LogP contribution in [0.1, 0.15) is 71.1 Å². The van der Waals surface area contributed by atoms with Gasteiger partial charge in [-0.3, -0.25) is 0 Å². The fraction of sp³-hybridized carbons (Fsp3) is 0.895. The summed E-state index contributed by atoms with van der Waals surface area (Å²) in [6.45, 7) is 2.64. The van der Waals surface area contributed by atoms with Gasteiger partial charge >= 0.3 is 12.3 Å². The van der Waals surface area contributed by atoms with Crippen molar-refractivity contribution in [3.63, 3.8) is 0 Å². The van der Waals surface area contributed by atoms with Crippen molar-refractivity contribution in [2.75, 3.05) is 0 Å². The van der Waals surface area contributed by atoms with Crippen LogP contribution in [0.5, 0.6) is 0 Å². The number of carbonyl (C=O) groups is 2. The van der Waals surface area contributed by atoms with Crippen LogP contribution in [0.2, 0.25) is 0 Å². The lowest BCUT2D eigenvalue weighted by atomic mass is 9.41. The monoisotopic (exact) mass is 356 g/mol. The second-order valence-corrected chi connectivity index (χ2v) is 8.53. The predicted octanol–water partition coefficient (Wildman–Crippen LogP) is 5.47. The van der Waals surface area contributed by atoms with E-state index in [9.17, 15) is 0 Å². The Kier molecular flexibility index (Phi) is 6.58. The molecule has 4 bridgehead atoms. The normalized spacial score (nSPS) is 38.8. The van der Waals surface area contributed by atoms with Gasteiger partial charge in [-0.1, -0.05) is 26.2 Å². The Morgan fingerprint density at radius 1 is 0.800 bits per heavy atom. The van der Waals surface area contributed by atoms with Crippen LogP contribution >= 0.6 is 0 Å². The molecule has 0 aromatic carbocycles. The van der Waals surface area contributed by atoms with Gasteiger partial charge in [0.15, 0.2) is 0 Å². The highest BCUT2D eigenvalue weighted by Gasteiger charge is 2.57. The predicted molar refractivity (Wildman–Crippen MR) is 93.0 cm³/mol. The molecule has 5 fully saturated rings. The molecule has 5 rings (SSSR count). The van der Waals surface area contributed by atoms with E-state index < -0.39 is 12.3 Å². The molecule has 6 heteroatoms. The first kappa shape index (κ1) is 19.9. The molecule has 144 valence electrons. The molecule has 3 unspecified atom stereocenters. The highest BCUT2D eigenvalue weighted by atomic mass is 16.6. The number of hydrogen-bond donors (Lipinski definition) is 4. The van der Waals surface area contributed by atoms with Gasteiger partial charge in [-0.2, -0.15) is 0 Å². The van der Waals surface area contributed by atoms with Crippen molar-refractivity contribution >= 4 is 12.3 Å². The van der Waals surface area contributed by atoms with E-state index in [-0.39, 0.29) is 0 Å². The molecule has 0 aromatic heterocycles. The minimum Gasteiger partial charge on any atom is -0.450 e. The van der Waals surface area contributed by atoms with Crippen molar-refractivity contribution in [1.29, 1.82) is 0 Å². The molecule has 4 N–H and O–H groups in total. The van der Waals surface area contributed by atoms with Crippen molar-refractivity contribution in [2.45, 2.75) is 71.1 Å². The summed E-state index contributed by atoms with van der Waals surface area (Å²) in [4.78, 5) is 17.1. The molecule has 5 aliphatic rings. The summed E-state index contributed by atoms with van der Waals surface area (Å²) < 4.78 is 0. The van der Waals surface area contributed by atoms with Crippen molar-refractivity contribution in [3.8, 4) is 0 Å². The Bertz CT molecular complexity index is 437. The van der Waals surface area contributed by atoms with E-state index in [0.29, 0.717) is 0 Å². The van der Waals surface area contributed by atoms with Gasteiger partial charge in [0.2, 0.25) is 0 Å². The van der Waals surface area contributed by atoms with E-state index in [0.717, 1.165) is 35.0 Å². The quantitative estimate of drug-likeness (QED) is 0.495. The molecule has 0 heterocycles. The molecular weight excluding hydrogens is 324 g/mol. The van der Waals surface area contributed by atoms with Gasteiger partial charge in [0, 0.05) is 0 Å². The summed E-state index contributed by atoms with van der Waals surface area (Å²) in [5.74, 6) is 5.61. The standard InChI is InChI=1S/C17H28.2CH2O3/c1-12-15-8-13-7-14(9-15)11-17(12,10-13)16-5-3-2-4-6-16;2*2-1(3)4/h12-16H,2-11H2,1H3;2*(H2,2,3,4). The first-order valence-corrected chi connectivity index (χ1v) is 9.58. The molecule has 0 aromatic rings. The van der Waals surface area contributed by atoms with Crippen LogP contribution in [0.4, 0.5) is 9.59 Å². The third-order valence-corrected chi connectivity index (χ3v) is 7.31. The summed E-state index contributed by atoms with van der Waals surface area (Å²) in [5, 5.41) is 27.9. The summed E-state index contributed by atoms with van der Waals surface area (Å²) >= 11 is 0. The van der Waals surface area contributed by atoms with E-state index in [1.807, 2.05) is 0 Å². The Labute approximate surface area is 149 Å². The Hall–Kier alpha value is -1.46. The zero-order valence-electron chi connectivity index (χ0n) is 15.1. The maximum Gasteiger partial charge on any atom is 0.503 e. The fourth-order valence-corrected chi connectivity index (χ4v) is 6.74. The van der Waals surface area contributed by atoms with Gasteiger partial charge in [0.25, 0.3) is 0 Å². The smallest absolute Gasteiger partial charge is 0.450 e. The van der Waals surface area contributed by atoms with Gasteiger partial charge in [-0.25, -0.2) is 9.59 Å². The number of hydrogen-bond acceptors (Lipinski definition) is 2. The second kappa shape index (κ2) is 8.28. The van der Waals surface area contributed by atoms with Crippen molar-refractivity contribution in [1.82, 2.24) is 0 Å². The summed E-state index contributed by atoms with van der Waals surface area (Å²) in [7, 11) is 0. The third-order valence-electron chi connectivity index (χ3n) is 7.31. The SMILES string of the molecule is CC1C2CC3CC(C2)CC1(C1CCCCC1)C3.O=C(O)O.O=C(O)O. The average Bonchev–Trinajstić information content (AvgIpc) is 2.51. The Morgan fingerprint density at radius 2 is 1.24 bits per heavy atom. The van der Waals surface area contributed by atoms with Gasteiger partial charge in [-0.15, -0.1) is 0 Å². The Balaban J connectivity index is 0.000000241. The summed E-state index contributed by atoms with van der Waals surface area (Å²) in [6, 6.07) is 0. The molecule has 0 aliphatic heterocycles. The summed E-state index contributed by atoms with van der Waals surface area (Å²) in [6.07, 6.45) is 12.2. The van der Waals surface area contributed by atoms with E-state index >= 15 is 0 Å². The first-order chi connectivity index (χ1) is 11.7. The van der Waals surface area contributed by atoms with Crippen LogP contribution in [0, 0.1) is 35.0 Å². The van der Waals surface area contributed by atoms with Gasteiger partial charge in [0.05, 0.1) is 0 Å². The lowest BCUT2D eigenvalue weighted by molar-refractivity contribution is -0.140. The van der Waals surface area contributed by atoms with Crippen molar-refractivity contribution in [2.24, 2.45) is 35.0 Å². The number of rotatable bonds is 1. The number of carboxylic acid groups (broad SMARTS) is 4. The van der Waals surface area contributed by atoms with Crippen LogP contribution < -0.4 is 0 Å². The van der Waals surface area contributed by atoms with Gasteiger partial charge < -0.3 is 20.4 Å². The topological polar surface area (TPSA) is 115 Å². The van der Waals surface area contributed by atoms with E-state index in [1.54, 1.807) is 57.8 Å². The highest BCUT2D eigenvalue weighted by molar-refractivity contribution is 5.53. The van der Waals surface area contributed by atoms with Gasteiger partial charge in [0.1, 0.15) is 0 Å². The largest absolute Gasteiger partial charge is 0.503 e. The van der Waals surface area contributed by atoms with Crippen molar-refractivity contribution in [3.05, 3.63) is 0 Å². The zero-order chi connectivity index (χ0) is 18.6. The van der Waals surface area contributed by atoms with Crippen LogP contribution in [-0.2, 0) is 0 Å². The first-order valence-electron chi connectivity index (χ1n) is 9.58. The Morgan fingerprint density at radius 3 is 1.68 bits per heavy atom. The molecule has 3 atom stereocenters. The maximum atomic E-state index is 8.56. The molecule has 0 radical (unpaired) electrons. The molecule has 0 amide bonds. The lowest BCUT2D eigenvalue weighted by Gasteiger charge is -2.64. The van der Waals surface area contributed by atoms with Crippen molar-refractivity contribution < 1.29 is 30.0 Å². The highest BCUT2D eigenvalue weighted by Crippen LogP contribution is 2.66. The molecule has 5 aliphatic carbocycles. The summed E-state index contributed by atoms with van der Waals surface area (Å²) in [5.41, 5.74) is 0.829. The molecule has 5 saturated carbocycles. The minimum absolute atomic E-state index is 0.829. The third kappa shape index (κ3) is 4.79. The maximum absolute atomic E-state index is 8.56. The van der Waals surface area contributed by atoms with Crippen LogP contribution in [0.15, 0.2) is 0 Å². The van der Waals surface area contributed by atoms with E-state index in [4.69, 9.17) is 30.0 Å². The molecular formula is C19H32O6. The fourth-order valence-electron chi connectivity index (χ4n) is 6.74. The van der Waals surface area contributed by atoms with Crippen LogP contribution in [0.3, 0.4) is 0 Å². The van der Waals surface area contributed by atoms with Gasteiger partial charge in [-0.05, 0) is 80.0 Å².